The number of fused-ring (bicyclic) bond motifs is 1. The number of halogens is 4. The zero-order valence-electron chi connectivity index (χ0n) is 16.7. The predicted octanol–water partition coefficient (Wildman–Crippen LogP) is 7.48. The molecule has 0 radical (unpaired) electrons. The van der Waals surface area contributed by atoms with E-state index in [2.05, 4.69) is 18.8 Å². The summed E-state index contributed by atoms with van der Waals surface area (Å²) in [5, 5.41) is 1.49. The second-order valence-corrected chi connectivity index (χ2v) is 8.03. The van der Waals surface area contributed by atoms with E-state index in [4.69, 9.17) is 0 Å². The molecule has 0 saturated heterocycles. The molecule has 1 aliphatic rings. The highest BCUT2D eigenvalue weighted by Gasteiger charge is 2.28. The highest BCUT2D eigenvalue weighted by Crippen LogP contribution is 2.39. The second kappa shape index (κ2) is 8.52. The fourth-order valence-corrected chi connectivity index (χ4v) is 4.37. The third-order valence-electron chi connectivity index (χ3n) is 6.17. The molecule has 154 valence electrons. The van der Waals surface area contributed by atoms with Crippen molar-refractivity contribution in [3.63, 3.8) is 0 Å². The first-order valence-electron chi connectivity index (χ1n) is 10.3. The number of rotatable bonds is 2. The molecule has 0 bridgehead atoms. The molecular weight excluding hydrogens is 388 g/mol. The largest absolute Gasteiger partial charge is 0.207 e. The van der Waals surface area contributed by atoms with Gasteiger partial charge in [-0.05, 0) is 78.6 Å². The van der Waals surface area contributed by atoms with E-state index in [1.165, 1.54) is 12.1 Å². The molecule has 0 heterocycles. The van der Waals surface area contributed by atoms with E-state index in [1.807, 2.05) is 0 Å². The molecule has 3 aromatic carbocycles. The lowest BCUT2D eigenvalue weighted by atomic mass is 9.77. The molecule has 0 nitrogen and oxygen atoms in total. The molecule has 0 amide bonds. The maximum absolute atomic E-state index is 14.7. The highest BCUT2D eigenvalue weighted by atomic mass is 19.2. The van der Waals surface area contributed by atoms with E-state index in [9.17, 15) is 17.6 Å². The Bertz CT molecular complexity index is 1150. The van der Waals surface area contributed by atoms with Gasteiger partial charge in [-0.25, -0.2) is 17.6 Å². The molecule has 1 aliphatic carbocycles. The molecule has 4 heteroatoms. The van der Waals surface area contributed by atoms with Crippen LogP contribution in [0.2, 0.25) is 0 Å². The fraction of sp³-hybridized carbons (Fsp3) is 0.308. The van der Waals surface area contributed by atoms with Crippen molar-refractivity contribution in [3.05, 3.63) is 82.4 Å². The minimum Gasteiger partial charge on any atom is -0.207 e. The standard InChI is InChI=1S/C26H22F4/c1-2-16-3-7-18(8-4-16)24-23(28)15-21(25(29)26(24)30)10-6-17-5-9-20-14-22(27)12-11-19(20)13-17/h5,9,11-16,18H,2-4,7-8H2,1H3. The van der Waals surface area contributed by atoms with E-state index < -0.39 is 17.5 Å². The molecule has 0 aliphatic heterocycles. The molecule has 1 fully saturated rings. The third-order valence-corrected chi connectivity index (χ3v) is 6.17. The van der Waals surface area contributed by atoms with Crippen LogP contribution in [-0.2, 0) is 0 Å². The minimum absolute atomic E-state index is 0.139. The van der Waals surface area contributed by atoms with Gasteiger partial charge >= 0.3 is 0 Å². The Balaban J connectivity index is 1.63. The van der Waals surface area contributed by atoms with E-state index in [0.29, 0.717) is 29.7 Å². The average Bonchev–Trinajstić information content (AvgIpc) is 2.75. The van der Waals surface area contributed by atoms with Crippen LogP contribution < -0.4 is 0 Å². The summed E-state index contributed by atoms with van der Waals surface area (Å²) in [6.45, 7) is 2.12. The number of hydrogen-bond acceptors (Lipinski definition) is 0. The van der Waals surface area contributed by atoms with Gasteiger partial charge in [0, 0.05) is 11.1 Å². The van der Waals surface area contributed by atoms with Crippen molar-refractivity contribution in [2.24, 2.45) is 5.92 Å². The van der Waals surface area contributed by atoms with Crippen LogP contribution in [-0.4, -0.2) is 0 Å². The Labute approximate surface area is 173 Å². The lowest BCUT2D eigenvalue weighted by Crippen LogP contribution is -2.16. The van der Waals surface area contributed by atoms with Crippen LogP contribution in [0.4, 0.5) is 17.6 Å². The Morgan fingerprint density at radius 1 is 0.800 bits per heavy atom. The number of hydrogen-bond donors (Lipinski definition) is 0. The second-order valence-electron chi connectivity index (χ2n) is 8.03. The summed E-state index contributed by atoms with van der Waals surface area (Å²) < 4.78 is 57.4. The Morgan fingerprint density at radius 2 is 1.50 bits per heavy atom. The van der Waals surface area contributed by atoms with Gasteiger partial charge in [0.2, 0.25) is 0 Å². The van der Waals surface area contributed by atoms with Crippen molar-refractivity contribution >= 4 is 10.8 Å². The van der Waals surface area contributed by atoms with Gasteiger partial charge in [-0.3, -0.25) is 0 Å². The lowest BCUT2D eigenvalue weighted by Gasteiger charge is -2.28. The summed E-state index contributed by atoms with van der Waals surface area (Å²) in [7, 11) is 0. The first kappa shape index (κ1) is 20.5. The Hall–Kier alpha value is -2.80. The molecule has 0 spiro atoms. The van der Waals surface area contributed by atoms with Crippen LogP contribution in [0.15, 0.2) is 42.5 Å². The van der Waals surface area contributed by atoms with Gasteiger partial charge in [0.1, 0.15) is 11.6 Å². The lowest BCUT2D eigenvalue weighted by molar-refractivity contribution is 0.307. The van der Waals surface area contributed by atoms with E-state index in [0.717, 1.165) is 30.7 Å². The van der Waals surface area contributed by atoms with Crippen LogP contribution in [0.1, 0.15) is 61.6 Å². The zero-order chi connectivity index (χ0) is 21.3. The normalized spacial score (nSPS) is 18.8. The van der Waals surface area contributed by atoms with E-state index >= 15 is 0 Å². The van der Waals surface area contributed by atoms with Crippen molar-refractivity contribution < 1.29 is 17.6 Å². The van der Waals surface area contributed by atoms with Crippen molar-refractivity contribution in [2.45, 2.75) is 44.9 Å². The summed E-state index contributed by atoms with van der Waals surface area (Å²) in [6.07, 6.45) is 4.23. The first-order chi connectivity index (χ1) is 14.5. The van der Waals surface area contributed by atoms with Crippen molar-refractivity contribution in [1.29, 1.82) is 0 Å². The highest BCUT2D eigenvalue weighted by molar-refractivity contribution is 5.84. The maximum atomic E-state index is 14.7. The number of benzene rings is 3. The molecule has 3 aromatic rings. The van der Waals surface area contributed by atoms with Crippen LogP contribution in [0.3, 0.4) is 0 Å². The summed E-state index contributed by atoms with van der Waals surface area (Å²) in [6, 6.07) is 10.5. The summed E-state index contributed by atoms with van der Waals surface area (Å²) >= 11 is 0. The van der Waals surface area contributed by atoms with Crippen LogP contribution in [0, 0.1) is 41.0 Å². The van der Waals surface area contributed by atoms with Crippen LogP contribution in [0.25, 0.3) is 10.8 Å². The van der Waals surface area contributed by atoms with Crippen molar-refractivity contribution in [3.8, 4) is 11.8 Å². The van der Waals surface area contributed by atoms with E-state index in [-0.39, 0.29) is 22.9 Å². The smallest absolute Gasteiger partial charge is 0.174 e. The minimum atomic E-state index is -1.12. The fourth-order valence-electron chi connectivity index (χ4n) is 4.37. The van der Waals surface area contributed by atoms with Gasteiger partial charge in [-0.1, -0.05) is 37.3 Å². The van der Waals surface area contributed by atoms with Gasteiger partial charge in [0.05, 0.1) is 5.56 Å². The van der Waals surface area contributed by atoms with Gasteiger partial charge in [-0.15, -0.1) is 0 Å². The van der Waals surface area contributed by atoms with Gasteiger partial charge in [-0.2, -0.15) is 0 Å². The molecule has 4 rings (SSSR count). The van der Waals surface area contributed by atoms with Crippen molar-refractivity contribution in [2.75, 3.05) is 0 Å². The predicted molar refractivity (Wildman–Crippen MR) is 111 cm³/mol. The van der Waals surface area contributed by atoms with Gasteiger partial charge in [0.15, 0.2) is 11.6 Å². The molecular formula is C26H22F4. The topological polar surface area (TPSA) is 0 Å². The third kappa shape index (κ3) is 4.07. The Morgan fingerprint density at radius 3 is 2.23 bits per heavy atom. The molecule has 30 heavy (non-hydrogen) atoms. The maximum Gasteiger partial charge on any atom is 0.174 e. The summed E-state index contributed by atoms with van der Waals surface area (Å²) in [5.74, 6) is 2.33. The van der Waals surface area contributed by atoms with Crippen LogP contribution >= 0.6 is 0 Å². The molecule has 0 atom stereocenters. The van der Waals surface area contributed by atoms with Crippen LogP contribution in [0.5, 0.6) is 0 Å². The van der Waals surface area contributed by atoms with Crippen molar-refractivity contribution in [1.82, 2.24) is 0 Å². The summed E-state index contributed by atoms with van der Waals surface area (Å²) in [4.78, 5) is 0. The zero-order valence-corrected chi connectivity index (χ0v) is 16.7. The summed E-state index contributed by atoms with van der Waals surface area (Å²) in [5.41, 5.74) is 0.117. The molecule has 1 saturated carbocycles. The van der Waals surface area contributed by atoms with Gasteiger partial charge in [0.25, 0.3) is 0 Å². The molecule has 0 unspecified atom stereocenters. The first-order valence-corrected chi connectivity index (χ1v) is 10.3. The van der Waals surface area contributed by atoms with E-state index in [1.54, 1.807) is 24.3 Å². The average molecular weight is 410 g/mol. The van der Waals surface area contributed by atoms with Gasteiger partial charge < -0.3 is 0 Å². The molecule has 0 aromatic heterocycles. The SMILES string of the molecule is CCC1CCC(c2c(F)cc(C#Cc3ccc4cc(F)ccc4c3)c(F)c2F)CC1. The quantitative estimate of drug-likeness (QED) is 0.233. The molecule has 0 N–H and O–H groups in total. The Kier molecular flexibility index (Phi) is 5.81. The monoisotopic (exact) mass is 410 g/mol.